The Morgan fingerprint density at radius 3 is 2.76 bits per heavy atom. The molecule has 2 aliphatic heterocycles. The van der Waals surface area contributed by atoms with Gasteiger partial charge in [0.15, 0.2) is 5.82 Å². The summed E-state index contributed by atoms with van der Waals surface area (Å²) in [4.78, 5) is 4.66. The molecule has 2 saturated heterocycles. The number of aromatic nitrogens is 2. The first-order valence-electron chi connectivity index (χ1n) is 8.11. The van der Waals surface area contributed by atoms with E-state index in [0.717, 1.165) is 63.8 Å². The first-order chi connectivity index (χ1) is 10.4. The SMILES string of the molecule is CCCNC1CCOCC1c1nc(C2CCOCC2)no1. The highest BCUT2D eigenvalue weighted by molar-refractivity contribution is 5.04. The van der Waals surface area contributed by atoms with Crippen LogP contribution in [0.25, 0.3) is 0 Å². The van der Waals surface area contributed by atoms with Crippen LogP contribution in [0.5, 0.6) is 0 Å². The average molecular weight is 295 g/mol. The minimum absolute atomic E-state index is 0.173. The summed E-state index contributed by atoms with van der Waals surface area (Å²) in [5, 5.41) is 7.79. The highest BCUT2D eigenvalue weighted by Gasteiger charge is 2.32. The molecule has 0 spiro atoms. The Morgan fingerprint density at radius 2 is 1.95 bits per heavy atom. The first-order valence-corrected chi connectivity index (χ1v) is 8.11. The van der Waals surface area contributed by atoms with Crippen LogP contribution >= 0.6 is 0 Å². The van der Waals surface area contributed by atoms with Crippen LogP contribution in [0.4, 0.5) is 0 Å². The van der Waals surface area contributed by atoms with E-state index in [0.29, 0.717) is 18.6 Å². The van der Waals surface area contributed by atoms with Gasteiger partial charge in [0, 0.05) is 31.8 Å². The molecule has 2 aliphatic rings. The summed E-state index contributed by atoms with van der Waals surface area (Å²) in [5.74, 6) is 2.12. The minimum atomic E-state index is 0.173. The molecule has 0 radical (unpaired) electrons. The van der Waals surface area contributed by atoms with Gasteiger partial charge in [0.25, 0.3) is 0 Å². The lowest BCUT2D eigenvalue weighted by molar-refractivity contribution is 0.0498. The third-order valence-electron chi connectivity index (χ3n) is 4.37. The number of nitrogens with one attached hydrogen (secondary N) is 1. The van der Waals surface area contributed by atoms with E-state index >= 15 is 0 Å². The summed E-state index contributed by atoms with van der Waals surface area (Å²) in [7, 11) is 0. The number of ether oxygens (including phenoxy) is 2. The molecule has 0 aliphatic carbocycles. The molecular formula is C15H25N3O3. The highest BCUT2D eigenvalue weighted by Crippen LogP contribution is 2.29. The Hall–Kier alpha value is -0.980. The topological polar surface area (TPSA) is 69.4 Å². The van der Waals surface area contributed by atoms with Crippen LogP contribution in [0, 0.1) is 0 Å². The maximum absolute atomic E-state index is 5.61. The van der Waals surface area contributed by atoms with Crippen molar-refractivity contribution in [2.45, 2.75) is 50.5 Å². The van der Waals surface area contributed by atoms with Gasteiger partial charge in [-0.25, -0.2) is 0 Å². The van der Waals surface area contributed by atoms with Crippen LogP contribution in [0.2, 0.25) is 0 Å². The molecule has 2 fully saturated rings. The molecule has 0 amide bonds. The van der Waals surface area contributed by atoms with Crippen LogP contribution in [0.3, 0.4) is 0 Å². The molecule has 21 heavy (non-hydrogen) atoms. The lowest BCUT2D eigenvalue weighted by Crippen LogP contribution is -2.41. The molecule has 6 nitrogen and oxygen atoms in total. The van der Waals surface area contributed by atoms with Crippen molar-refractivity contribution in [1.82, 2.24) is 15.5 Å². The zero-order valence-electron chi connectivity index (χ0n) is 12.7. The maximum atomic E-state index is 5.61. The summed E-state index contributed by atoms with van der Waals surface area (Å²) < 4.78 is 16.5. The van der Waals surface area contributed by atoms with Crippen molar-refractivity contribution >= 4 is 0 Å². The van der Waals surface area contributed by atoms with E-state index in [-0.39, 0.29) is 5.92 Å². The fourth-order valence-corrected chi connectivity index (χ4v) is 3.07. The summed E-state index contributed by atoms with van der Waals surface area (Å²) >= 11 is 0. The van der Waals surface area contributed by atoms with E-state index in [1.54, 1.807) is 0 Å². The maximum Gasteiger partial charge on any atom is 0.233 e. The molecular weight excluding hydrogens is 270 g/mol. The molecule has 3 rings (SSSR count). The lowest BCUT2D eigenvalue weighted by Gasteiger charge is -2.29. The summed E-state index contributed by atoms with van der Waals surface area (Å²) in [6.45, 7) is 6.25. The van der Waals surface area contributed by atoms with Gasteiger partial charge in [0.1, 0.15) is 0 Å². The van der Waals surface area contributed by atoms with Crippen LogP contribution in [-0.4, -0.2) is 49.2 Å². The van der Waals surface area contributed by atoms with Crippen molar-refractivity contribution < 1.29 is 14.0 Å². The molecule has 1 aromatic heterocycles. The van der Waals surface area contributed by atoms with Crippen LogP contribution in [-0.2, 0) is 9.47 Å². The van der Waals surface area contributed by atoms with E-state index in [1.165, 1.54) is 0 Å². The summed E-state index contributed by atoms with van der Waals surface area (Å²) in [6, 6.07) is 0.377. The third kappa shape index (κ3) is 3.62. The van der Waals surface area contributed by atoms with Crippen molar-refractivity contribution in [2.24, 2.45) is 0 Å². The van der Waals surface area contributed by atoms with Gasteiger partial charge in [0.2, 0.25) is 5.89 Å². The second-order valence-electron chi connectivity index (χ2n) is 5.91. The van der Waals surface area contributed by atoms with Crippen LogP contribution in [0.1, 0.15) is 56.2 Å². The van der Waals surface area contributed by atoms with Crippen molar-refractivity contribution in [3.05, 3.63) is 11.7 Å². The summed E-state index contributed by atoms with van der Waals surface area (Å²) in [6.07, 6.45) is 4.09. The van der Waals surface area contributed by atoms with E-state index in [1.807, 2.05) is 0 Å². The van der Waals surface area contributed by atoms with Gasteiger partial charge in [-0.1, -0.05) is 12.1 Å². The van der Waals surface area contributed by atoms with E-state index < -0.39 is 0 Å². The Morgan fingerprint density at radius 1 is 1.14 bits per heavy atom. The standard InChI is InChI=1S/C15H25N3O3/c1-2-6-16-13-5-9-20-10-12(13)15-17-14(18-21-15)11-3-7-19-8-4-11/h11-13,16H,2-10H2,1H3. The average Bonchev–Trinajstić information content (AvgIpc) is 3.04. The predicted molar refractivity (Wildman–Crippen MR) is 77.4 cm³/mol. The molecule has 2 atom stereocenters. The van der Waals surface area contributed by atoms with Crippen molar-refractivity contribution in [3.8, 4) is 0 Å². The van der Waals surface area contributed by atoms with Gasteiger partial charge < -0.3 is 19.3 Å². The monoisotopic (exact) mass is 295 g/mol. The Bertz CT molecular complexity index is 432. The predicted octanol–water partition coefficient (Wildman–Crippen LogP) is 1.84. The minimum Gasteiger partial charge on any atom is -0.381 e. The van der Waals surface area contributed by atoms with E-state index in [4.69, 9.17) is 14.0 Å². The molecule has 118 valence electrons. The molecule has 2 unspecified atom stereocenters. The lowest BCUT2D eigenvalue weighted by atomic mass is 9.95. The number of rotatable bonds is 5. The second kappa shape index (κ2) is 7.33. The molecule has 1 aromatic rings. The van der Waals surface area contributed by atoms with Gasteiger partial charge in [0.05, 0.1) is 12.5 Å². The quantitative estimate of drug-likeness (QED) is 0.894. The van der Waals surface area contributed by atoms with E-state index in [9.17, 15) is 0 Å². The van der Waals surface area contributed by atoms with Crippen molar-refractivity contribution in [3.63, 3.8) is 0 Å². The normalized spacial score (nSPS) is 27.9. The van der Waals surface area contributed by atoms with Crippen LogP contribution < -0.4 is 5.32 Å². The van der Waals surface area contributed by atoms with Gasteiger partial charge in [-0.3, -0.25) is 0 Å². The van der Waals surface area contributed by atoms with Gasteiger partial charge in [-0.15, -0.1) is 0 Å². The zero-order valence-corrected chi connectivity index (χ0v) is 12.7. The number of hydrogen-bond acceptors (Lipinski definition) is 6. The zero-order chi connectivity index (χ0) is 14.5. The molecule has 6 heteroatoms. The number of nitrogens with zero attached hydrogens (tertiary/aromatic N) is 2. The molecule has 0 aromatic carbocycles. The molecule has 3 heterocycles. The van der Waals surface area contributed by atoms with Crippen LogP contribution in [0.15, 0.2) is 4.52 Å². The first kappa shape index (κ1) is 14.9. The van der Waals surface area contributed by atoms with Crippen molar-refractivity contribution in [1.29, 1.82) is 0 Å². The number of hydrogen-bond donors (Lipinski definition) is 1. The van der Waals surface area contributed by atoms with Gasteiger partial charge >= 0.3 is 0 Å². The summed E-state index contributed by atoms with van der Waals surface area (Å²) in [5.41, 5.74) is 0. The largest absolute Gasteiger partial charge is 0.381 e. The van der Waals surface area contributed by atoms with Crippen molar-refractivity contribution in [2.75, 3.05) is 33.0 Å². The fraction of sp³-hybridized carbons (Fsp3) is 0.867. The molecule has 0 saturated carbocycles. The molecule has 0 bridgehead atoms. The van der Waals surface area contributed by atoms with E-state index in [2.05, 4.69) is 22.4 Å². The van der Waals surface area contributed by atoms with Gasteiger partial charge in [-0.05, 0) is 32.2 Å². The Balaban J connectivity index is 1.67. The molecule has 1 N–H and O–H groups in total. The third-order valence-corrected chi connectivity index (χ3v) is 4.37. The Labute approximate surface area is 125 Å². The second-order valence-corrected chi connectivity index (χ2v) is 5.91. The smallest absolute Gasteiger partial charge is 0.233 e. The Kier molecular flexibility index (Phi) is 5.22. The fourth-order valence-electron chi connectivity index (χ4n) is 3.07. The van der Waals surface area contributed by atoms with Gasteiger partial charge in [-0.2, -0.15) is 4.98 Å². The highest BCUT2D eigenvalue weighted by atomic mass is 16.5.